The molecule has 0 bridgehead atoms. The summed E-state index contributed by atoms with van der Waals surface area (Å²) in [5.41, 5.74) is 2.27. The summed E-state index contributed by atoms with van der Waals surface area (Å²) in [6, 6.07) is 8.92. The summed E-state index contributed by atoms with van der Waals surface area (Å²) in [7, 11) is 0. The number of anilines is 1. The standard InChI is InChI=1S/C13H19NO/c1-10-4-3-9-14(10)13-7-5-12(6-8-13)11(2)15/h5-8,10-11,15H,3-4,9H2,1-2H3. The highest BCUT2D eigenvalue weighted by molar-refractivity contribution is 5.49. The lowest BCUT2D eigenvalue weighted by Crippen LogP contribution is -2.26. The van der Waals surface area contributed by atoms with Crippen molar-refractivity contribution in [1.29, 1.82) is 0 Å². The average Bonchev–Trinajstić information content (AvgIpc) is 2.65. The molecule has 1 saturated heterocycles. The van der Waals surface area contributed by atoms with Crippen molar-refractivity contribution in [2.75, 3.05) is 11.4 Å². The van der Waals surface area contributed by atoms with Gasteiger partial charge in [-0.15, -0.1) is 0 Å². The Balaban J connectivity index is 2.16. The van der Waals surface area contributed by atoms with Gasteiger partial charge in [0.25, 0.3) is 0 Å². The quantitative estimate of drug-likeness (QED) is 0.802. The van der Waals surface area contributed by atoms with E-state index in [2.05, 4.69) is 24.0 Å². The molecule has 2 atom stereocenters. The number of rotatable bonds is 2. The van der Waals surface area contributed by atoms with Crippen LogP contribution in [0, 0.1) is 0 Å². The SMILES string of the molecule is CC(O)c1ccc(N2CCCC2C)cc1. The minimum absolute atomic E-state index is 0.366. The van der Waals surface area contributed by atoms with Gasteiger partial charge in [0.15, 0.2) is 0 Å². The molecule has 1 fully saturated rings. The first-order chi connectivity index (χ1) is 7.18. The van der Waals surface area contributed by atoms with Crippen LogP contribution >= 0.6 is 0 Å². The predicted molar refractivity (Wildman–Crippen MR) is 63.1 cm³/mol. The van der Waals surface area contributed by atoms with Crippen molar-refractivity contribution in [3.05, 3.63) is 29.8 Å². The van der Waals surface area contributed by atoms with Gasteiger partial charge >= 0.3 is 0 Å². The van der Waals surface area contributed by atoms with Gasteiger partial charge in [0.1, 0.15) is 0 Å². The summed E-state index contributed by atoms with van der Waals surface area (Å²) < 4.78 is 0. The van der Waals surface area contributed by atoms with Gasteiger partial charge < -0.3 is 10.0 Å². The molecule has 0 saturated carbocycles. The van der Waals surface area contributed by atoms with E-state index in [1.807, 2.05) is 12.1 Å². The Labute approximate surface area is 91.5 Å². The van der Waals surface area contributed by atoms with Crippen molar-refractivity contribution in [3.8, 4) is 0 Å². The third-order valence-corrected chi connectivity index (χ3v) is 3.26. The third kappa shape index (κ3) is 2.15. The maximum Gasteiger partial charge on any atom is 0.0761 e. The topological polar surface area (TPSA) is 23.5 Å². The number of hydrogen-bond acceptors (Lipinski definition) is 2. The molecule has 1 aromatic carbocycles. The van der Waals surface area contributed by atoms with Crippen molar-refractivity contribution in [1.82, 2.24) is 0 Å². The average molecular weight is 205 g/mol. The first-order valence-corrected chi connectivity index (χ1v) is 5.73. The first kappa shape index (κ1) is 10.5. The zero-order valence-corrected chi connectivity index (χ0v) is 9.48. The largest absolute Gasteiger partial charge is 0.389 e. The fourth-order valence-electron chi connectivity index (χ4n) is 2.26. The van der Waals surface area contributed by atoms with E-state index in [0.29, 0.717) is 6.04 Å². The molecule has 82 valence electrons. The Morgan fingerprint density at radius 1 is 1.33 bits per heavy atom. The van der Waals surface area contributed by atoms with E-state index in [0.717, 1.165) is 12.1 Å². The predicted octanol–water partition coefficient (Wildman–Crippen LogP) is 2.73. The molecular formula is C13H19NO. The van der Waals surface area contributed by atoms with Crippen LogP contribution in [0.5, 0.6) is 0 Å². The lowest BCUT2D eigenvalue weighted by molar-refractivity contribution is 0.199. The highest BCUT2D eigenvalue weighted by Crippen LogP contribution is 2.26. The van der Waals surface area contributed by atoms with Crippen LogP contribution in [0.3, 0.4) is 0 Å². The summed E-state index contributed by atoms with van der Waals surface area (Å²) >= 11 is 0. The van der Waals surface area contributed by atoms with E-state index in [1.165, 1.54) is 18.5 Å². The molecule has 0 aromatic heterocycles. The van der Waals surface area contributed by atoms with Crippen LogP contribution in [0.1, 0.15) is 38.4 Å². The minimum Gasteiger partial charge on any atom is -0.389 e. The molecule has 0 spiro atoms. The minimum atomic E-state index is -0.366. The molecule has 1 aromatic rings. The van der Waals surface area contributed by atoms with E-state index in [1.54, 1.807) is 6.92 Å². The Hall–Kier alpha value is -1.02. The normalized spacial score (nSPS) is 23.1. The molecule has 0 amide bonds. The van der Waals surface area contributed by atoms with E-state index in [4.69, 9.17) is 0 Å². The Bertz CT molecular complexity index is 318. The molecular weight excluding hydrogens is 186 g/mol. The van der Waals surface area contributed by atoms with E-state index in [9.17, 15) is 5.11 Å². The fraction of sp³-hybridized carbons (Fsp3) is 0.538. The molecule has 1 N–H and O–H groups in total. The Morgan fingerprint density at radius 3 is 2.47 bits per heavy atom. The second-order valence-corrected chi connectivity index (χ2v) is 4.45. The molecule has 15 heavy (non-hydrogen) atoms. The highest BCUT2D eigenvalue weighted by atomic mass is 16.3. The first-order valence-electron chi connectivity index (χ1n) is 5.73. The summed E-state index contributed by atoms with van der Waals surface area (Å²) in [5.74, 6) is 0. The molecule has 2 nitrogen and oxygen atoms in total. The molecule has 2 heteroatoms. The van der Waals surface area contributed by atoms with Crippen molar-refractivity contribution < 1.29 is 5.11 Å². The lowest BCUT2D eigenvalue weighted by Gasteiger charge is -2.24. The van der Waals surface area contributed by atoms with Crippen LogP contribution in [0.25, 0.3) is 0 Å². The van der Waals surface area contributed by atoms with Gasteiger partial charge in [-0.2, -0.15) is 0 Å². The number of aliphatic hydroxyl groups is 1. The van der Waals surface area contributed by atoms with Crippen molar-refractivity contribution in [2.45, 2.75) is 38.8 Å². The zero-order valence-electron chi connectivity index (χ0n) is 9.48. The molecule has 0 radical (unpaired) electrons. The molecule has 0 aliphatic carbocycles. The molecule has 1 aliphatic rings. The van der Waals surface area contributed by atoms with Crippen LogP contribution in [-0.4, -0.2) is 17.7 Å². The van der Waals surface area contributed by atoms with Crippen molar-refractivity contribution in [2.24, 2.45) is 0 Å². The number of aliphatic hydroxyl groups excluding tert-OH is 1. The summed E-state index contributed by atoms with van der Waals surface area (Å²) in [6.45, 7) is 5.23. The number of benzene rings is 1. The zero-order chi connectivity index (χ0) is 10.8. The van der Waals surface area contributed by atoms with Crippen LogP contribution in [0.4, 0.5) is 5.69 Å². The second-order valence-electron chi connectivity index (χ2n) is 4.45. The van der Waals surface area contributed by atoms with E-state index in [-0.39, 0.29) is 6.10 Å². The van der Waals surface area contributed by atoms with Gasteiger partial charge in [-0.3, -0.25) is 0 Å². The number of hydrogen-bond donors (Lipinski definition) is 1. The molecule has 2 rings (SSSR count). The Morgan fingerprint density at radius 2 is 2.00 bits per heavy atom. The van der Waals surface area contributed by atoms with Crippen LogP contribution < -0.4 is 4.90 Å². The maximum atomic E-state index is 9.42. The van der Waals surface area contributed by atoms with Gasteiger partial charge in [0.05, 0.1) is 6.10 Å². The van der Waals surface area contributed by atoms with Crippen LogP contribution in [-0.2, 0) is 0 Å². The van der Waals surface area contributed by atoms with E-state index < -0.39 is 0 Å². The summed E-state index contributed by atoms with van der Waals surface area (Å²) in [5, 5.41) is 9.42. The van der Waals surface area contributed by atoms with Crippen LogP contribution in [0.15, 0.2) is 24.3 Å². The van der Waals surface area contributed by atoms with Gasteiger partial charge in [-0.25, -0.2) is 0 Å². The highest BCUT2D eigenvalue weighted by Gasteiger charge is 2.20. The van der Waals surface area contributed by atoms with Crippen LogP contribution in [0.2, 0.25) is 0 Å². The maximum absolute atomic E-state index is 9.42. The van der Waals surface area contributed by atoms with Gasteiger partial charge in [-0.05, 0) is 44.4 Å². The van der Waals surface area contributed by atoms with Gasteiger partial charge in [0, 0.05) is 18.3 Å². The third-order valence-electron chi connectivity index (χ3n) is 3.26. The monoisotopic (exact) mass is 205 g/mol. The molecule has 1 aliphatic heterocycles. The fourth-order valence-corrected chi connectivity index (χ4v) is 2.26. The van der Waals surface area contributed by atoms with Gasteiger partial charge in [-0.1, -0.05) is 12.1 Å². The number of nitrogens with zero attached hydrogens (tertiary/aromatic N) is 1. The van der Waals surface area contributed by atoms with Crippen molar-refractivity contribution in [3.63, 3.8) is 0 Å². The lowest BCUT2D eigenvalue weighted by atomic mass is 10.1. The summed E-state index contributed by atoms with van der Waals surface area (Å²) in [6.07, 6.45) is 2.22. The smallest absolute Gasteiger partial charge is 0.0761 e. The molecule has 1 heterocycles. The van der Waals surface area contributed by atoms with E-state index >= 15 is 0 Å². The Kier molecular flexibility index (Phi) is 2.96. The van der Waals surface area contributed by atoms with Crippen molar-refractivity contribution >= 4 is 5.69 Å². The van der Waals surface area contributed by atoms with Gasteiger partial charge in [0.2, 0.25) is 0 Å². The molecule has 2 unspecified atom stereocenters. The summed E-state index contributed by atoms with van der Waals surface area (Å²) in [4.78, 5) is 2.44. The second kappa shape index (κ2) is 4.23.